The van der Waals surface area contributed by atoms with Crippen LogP contribution < -0.4 is 5.32 Å². The number of aromatic nitrogens is 1. The molecule has 1 heterocycles. The molecule has 4 nitrogen and oxygen atoms in total. The highest BCUT2D eigenvalue weighted by Gasteiger charge is 2.18. The van der Waals surface area contributed by atoms with E-state index in [1.165, 1.54) is 0 Å². The van der Waals surface area contributed by atoms with Gasteiger partial charge in [-0.3, -0.25) is 4.79 Å². The maximum Gasteiger partial charge on any atom is 0.267 e. The number of aryl methyl sites for hydroxylation is 1. The Kier molecular flexibility index (Phi) is 4.42. The molecule has 0 aliphatic heterocycles. The normalized spacial score (nSPS) is 12.8. The molecule has 1 atom stereocenters. The highest BCUT2D eigenvalue weighted by molar-refractivity contribution is 5.92. The topological polar surface area (TPSA) is 54.3 Å². The highest BCUT2D eigenvalue weighted by Crippen LogP contribution is 2.03. The largest absolute Gasteiger partial charge is 0.385 e. The summed E-state index contributed by atoms with van der Waals surface area (Å²) in [6.45, 7) is 2.03. The molecule has 0 aliphatic rings. The van der Waals surface area contributed by atoms with Crippen molar-refractivity contribution in [3.8, 4) is 0 Å². The molecule has 0 radical (unpaired) electrons. The minimum absolute atomic E-state index is 0.393. The molecule has 0 fully saturated rings. The van der Waals surface area contributed by atoms with Crippen molar-refractivity contribution in [1.29, 1.82) is 0 Å². The fraction of sp³-hybridized carbons (Fsp3) is 0.500. The molecule has 0 saturated carbocycles. The van der Waals surface area contributed by atoms with Gasteiger partial charge in [0.05, 0.1) is 0 Å². The van der Waals surface area contributed by atoms with Crippen LogP contribution in [0.3, 0.4) is 0 Å². The van der Waals surface area contributed by atoms with E-state index in [0.717, 1.165) is 0 Å². The smallest absolute Gasteiger partial charge is 0.267 e. The Balaban J connectivity index is 2.53. The summed E-state index contributed by atoms with van der Waals surface area (Å²) in [7, 11) is 0. The molecule has 90 valence electrons. The van der Waals surface area contributed by atoms with E-state index in [2.05, 4.69) is 5.32 Å². The van der Waals surface area contributed by atoms with E-state index >= 15 is 0 Å². The fourth-order valence-electron chi connectivity index (χ4n) is 1.27. The van der Waals surface area contributed by atoms with Crippen LogP contribution in [-0.4, -0.2) is 34.7 Å². The summed E-state index contributed by atoms with van der Waals surface area (Å²) in [5, 5.41) is 11.1. The molecule has 6 heteroatoms. The van der Waals surface area contributed by atoms with Gasteiger partial charge < -0.3 is 15.0 Å². The van der Waals surface area contributed by atoms with Gasteiger partial charge in [-0.2, -0.15) is 0 Å². The first kappa shape index (κ1) is 12.6. The molecular weight excluding hydrogens is 218 g/mol. The standard InChI is InChI=1S/C10H14F2N2O2/c1-2-14-5-3-4-7(14)10(16)13-6-8(15)9(11)12/h3-5,8-9,15H,2,6H2,1H3,(H,13,16). The molecule has 1 amide bonds. The Bertz CT molecular complexity index is 352. The van der Waals surface area contributed by atoms with Crippen LogP contribution in [0.4, 0.5) is 8.78 Å². The Morgan fingerprint density at radius 2 is 2.31 bits per heavy atom. The molecule has 0 spiro atoms. The van der Waals surface area contributed by atoms with Crippen molar-refractivity contribution in [3.05, 3.63) is 24.0 Å². The SMILES string of the molecule is CCn1cccc1C(=O)NCC(O)C(F)F. The predicted octanol–water partition coefficient (Wildman–Crippen LogP) is 0.864. The highest BCUT2D eigenvalue weighted by atomic mass is 19.3. The zero-order valence-electron chi connectivity index (χ0n) is 8.86. The molecule has 1 rings (SSSR count). The third-order valence-electron chi connectivity index (χ3n) is 2.17. The molecular formula is C10H14F2N2O2. The third kappa shape index (κ3) is 3.03. The third-order valence-corrected chi connectivity index (χ3v) is 2.17. The first-order chi connectivity index (χ1) is 7.56. The number of halogens is 2. The maximum absolute atomic E-state index is 12.0. The summed E-state index contributed by atoms with van der Waals surface area (Å²) in [5.74, 6) is -0.466. The number of nitrogens with one attached hydrogen (secondary N) is 1. The van der Waals surface area contributed by atoms with Crippen molar-refractivity contribution in [3.63, 3.8) is 0 Å². The number of aliphatic hydroxyl groups is 1. The summed E-state index contributed by atoms with van der Waals surface area (Å²) in [5.41, 5.74) is 0.393. The van der Waals surface area contributed by atoms with Gasteiger partial charge in [0.1, 0.15) is 11.8 Å². The zero-order chi connectivity index (χ0) is 12.1. The van der Waals surface area contributed by atoms with Gasteiger partial charge in [-0.15, -0.1) is 0 Å². The summed E-state index contributed by atoms with van der Waals surface area (Å²) < 4.78 is 25.6. The minimum Gasteiger partial charge on any atom is -0.385 e. The minimum atomic E-state index is -2.85. The number of nitrogens with zero attached hydrogens (tertiary/aromatic N) is 1. The molecule has 1 aromatic heterocycles. The monoisotopic (exact) mass is 232 g/mol. The number of hydrogen-bond donors (Lipinski definition) is 2. The Hall–Kier alpha value is -1.43. The van der Waals surface area contributed by atoms with Crippen molar-refractivity contribution in [2.75, 3.05) is 6.54 Å². The second kappa shape index (κ2) is 5.60. The predicted molar refractivity (Wildman–Crippen MR) is 54.5 cm³/mol. The van der Waals surface area contributed by atoms with Crippen LogP contribution in [0, 0.1) is 0 Å². The van der Waals surface area contributed by atoms with E-state index < -0.39 is 25.0 Å². The molecule has 0 bridgehead atoms. The number of alkyl halides is 2. The van der Waals surface area contributed by atoms with E-state index in [1.807, 2.05) is 6.92 Å². The van der Waals surface area contributed by atoms with E-state index in [1.54, 1.807) is 22.9 Å². The second-order valence-electron chi connectivity index (χ2n) is 3.29. The van der Waals surface area contributed by atoms with Crippen LogP contribution in [0.1, 0.15) is 17.4 Å². The van der Waals surface area contributed by atoms with Gasteiger partial charge in [0.2, 0.25) is 0 Å². The van der Waals surface area contributed by atoms with Crippen molar-refractivity contribution in [2.45, 2.75) is 26.0 Å². The van der Waals surface area contributed by atoms with E-state index in [0.29, 0.717) is 12.2 Å². The van der Waals surface area contributed by atoms with Crippen LogP contribution in [0.5, 0.6) is 0 Å². The average molecular weight is 232 g/mol. The number of amides is 1. The van der Waals surface area contributed by atoms with Crippen LogP contribution >= 0.6 is 0 Å². The molecule has 0 saturated heterocycles. The molecule has 0 aliphatic carbocycles. The Morgan fingerprint density at radius 3 is 2.88 bits per heavy atom. The Morgan fingerprint density at radius 1 is 1.62 bits per heavy atom. The molecule has 1 unspecified atom stereocenters. The summed E-state index contributed by atoms with van der Waals surface area (Å²) in [6, 6.07) is 3.29. The van der Waals surface area contributed by atoms with E-state index in [9.17, 15) is 13.6 Å². The summed E-state index contributed by atoms with van der Waals surface area (Å²) in [4.78, 5) is 11.5. The van der Waals surface area contributed by atoms with Gasteiger partial charge in [0.15, 0.2) is 0 Å². The number of carbonyl (C=O) groups is 1. The fourth-order valence-corrected chi connectivity index (χ4v) is 1.27. The van der Waals surface area contributed by atoms with Gasteiger partial charge in [-0.1, -0.05) is 0 Å². The Labute approximate surface area is 91.9 Å². The molecule has 16 heavy (non-hydrogen) atoms. The first-order valence-corrected chi connectivity index (χ1v) is 4.95. The van der Waals surface area contributed by atoms with Crippen LogP contribution in [0.25, 0.3) is 0 Å². The van der Waals surface area contributed by atoms with Crippen molar-refractivity contribution < 1.29 is 18.7 Å². The summed E-state index contributed by atoms with van der Waals surface area (Å²) >= 11 is 0. The van der Waals surface area contributed by atoms with Crippen molar-refractivity contribution >= 4 is 5.91 Å². The van der Waals surface area contributed by atoms with Gasteiger partial charge in [-0.05, 0) is 19.1 Å². The lowest BCUT2D eigenvalue weighted by Crippen LogP contribution is -2.36. The summed E-state index contributed by atoms with van der Waals surface area (Å²) in [6.07, 6.45) is -2.95. The molecule has 1 aromatic rings. The maximum atomic E-state index is 12.0. The van der Waals surface area contributed by atoms with E-state index in [4.69, 9.17) is 5.11 Å². The number of rotatable bonds is 5. The second-order valence-corrected chi connectivity index (χ2v) is 3.29. The average Bonchev–Trinajstić information content (AvgIpc) is 2.73. The zero-order valence-corrected chi connectivity index (χ0v) is 8.86. The van der Waals surface area contributed by atoms with Gasteiger partial charge in [0, 0.05) is 19.3 Å². The van der Waals surface area contributed by atoms with Gasteiger partial charge in [0.25, 0.3) is 12.3 Å². The quantitative estimate of drug-likeness (QED) is 0.791. The van der Waals surface area contributed by atoms with Gasteiger partial charge >= 0.3 is 0 Å². The van der Waals surface area contributed by atoms with E-state index in [-0.39, 0.29) is 0 Å². The lowest BCUT2D eigenvalue weighted by Gasteiger charge is -2.11. The van der Waals surface area contributed by atoms with Crippen molar-refractivity contribution in [1.82, 2.24) is 9.88 Å². The lowest BCUT2D eigenvalue weighted by atomic mass is 10.3. The number of hydrogen-bond acceptors (Lipinski definition) is 2. The van der Waals surface area contributed by atoms with Crippen LogP contribution in [-0.2, 0) is 6.54 Å². The van der Waals surface area contributed by atoms with Crippen LogP contribution in [0.15, 0.2) is 18.3 Å². The van der Waals surface area contributed by atoms with Crippen molar-refractivity contribution in [2.24, 2.45) is 0 Å². The molecule has 2 N–H and O–H groups in total. The van der Waals surface area contributed by atoms with Crippen LogP contribution in [0.2, 0.25) is 0 Å². The molecule has 0 aromatic carbocycles. The number of carbonyl (C=O) groups excluding carboxylic acids is 1. The lowest BCUT2D eigenvalue weighted by molar-refractivity contribution is -0.00274. The first-order valence-electron chi connectivity index (χ1n) is 4.95. The van der Waals surface area contributed by atoms with Gasteiger partial charge in [-0.25, -0.2) is 8.78 Å². The number of aliphatic hydroxyl groups excluding tert-OH is 1.